The smallest absolute Gasteiger partial charge is 0.338 e. The maximum atomic E-state index is 12.1. The van der Waals surface area contributed by atoms with Crippen molar-refractivity contribution in [3.63, 3.8) is 0 Å². The highest BCUT2D eigenvalue weighted by atomic mass is 35.5. The highest BCUT2D eigenvalue weighted by Crippen LogP contribution is 2.25. The molecule has 1 rings (SSSR count). The summed E-state index contributed by atoms with van der Waals surface area (Å²) in [6, 6.07) is 6.36. The predicted molar refractivity (Wildman–Crippen MR) is 71.5 cm³/mol. The number of rotatable bonds is 5. The van der Waals surface area contributed by atoms with Gasteiger partial charge in [0.05, 0.1) is 0 Å². The minimum absolute atomic E-state index is 0.125. The van der Waals surface area contributed by atoms with Gasteiger partial charge in [0.25, 0.3) is 0 Å². The van der Waals surface area contributed by atoms with Gasteiger partial charge in [-0.2, -0.15) is 13.2 Å². The first-order valence-corrected chi connectivity index (χ1v) is 6.18. The van der Waals surface area contributed by atoms with Crippen LogP contribution in [0.15, 0.2) is 36.4 Å². The Balaban J connectivity index is 2.26. The van der Waals surface area contributed by atoms with E-state index in [1.54, 1.807) is 24.3 Å². The van der Waals surface area contributed by atoms with Gasteiger partial charge in [0.2, 0.25) is 0 Å². The van der Waals surface area contributed by atoms with E-state index in [1.807, 2.05) is 0 Å². The number of benzene rings is 1. The Morgan fingerprint density at radius 2 is 2.00 bits per heavy atom. The fourth-order valence-electron chi connectivity index (χ4n) is 1.36. The molecular weight excluding hydrogens is 293 g/mol. The molecule has 2 amide bonds. The molecule has 0 aliphatic rings. The Bertz CT molecular complexity index is 489. The molecule has 0 unspecified atom stereocenters. The SMILES string of the molecule is C=C(CCNC(=O)NCc1cccc(Cl)c1)C(F)(F)F. The fourth-order valence-corrected chi connectivity index (χ4v) is 1.57. The average Bonchev–Trinajstić information content (AvgIpc) is 2.35. The van der Waals surface area contributed by atoms with Crippen molar-refractivity contribution in [3.8, 4) is 0 Å². The second-order valence-electron chi connectivity index (χ2n) is 4.09. The summed E-state index contributed by atoms with van der Waals surface area (Å²) in [5, 5.41) is 5.39. The standard InChI is InChI=1S/C13H14ClF3N2O/c1-9(13(15,16)17)5-6-18-12(20)19-8-10-3-2-4-11(14)7-10/h2-4,7H,1,5-6,8H2,(H2,18,19,20). The van der Waals surface area contributed by atoms with E-state index in [2.05, 4.69) is 17.2 Å². The number of halogens is 4. The van der Waals surface area contributed by atoms with E-state index < -0.39 is 17.8 Å². The largest absolute Gasteiger partial charge is 0.412 e. The number of hydrogen-bond acceptors (Lipinski definition) is 1. The summed E-state index contributed by atoms with van der Waals surface area (Å²) in [5.74, 6) is 0. The van der Waals surface area contributed by atoms with Gasteiger partial charge in [-0.3, -0.25) is 0 Å². The zero-order chi connectivity index (χ0) is 15.2. The van der Waals surface area contributed by atoms with E-state index >= 15 is 0 Å². The van der Waals surface area contributed by atoms with Crippen molar-refractivity contribution >= 4 is 17.6 Å². The van der Waals surface area contributed by atoms with E-state index in [4.69, 9.17) is 11.6 Å². The van der Waals surface area contributed by atoms with Crippen molar-refractivity contribution < 1.29 is 18.0 Å². The van der Waals surface area contributed by atoms with E-state index in [0.29, 0.717) is 5.02 Å². The number of alkyl halides is 3. The molecule has 0 bridgehead atoms. The first-order valence-electron chi connectivity index (χ1n) is 5.80. The minimum Gasteiger partial charge on any atom is -0.338 e. The topological polar surface area (TPSA) is 41.1 Å². The molecule has 0 aromatic heterocycles. The van der Waals surface area contributed by atoms with Gasteiger partial charge in [-0.05, 0) is 24.1 Å². The monoisotopic (exact) mass is 306 g/mol. The lowest BCUT2D eigenvalue weighted by Gasteiger charge is -2.11. The quantitative estimate of drug-likeness (QED) is 0.801. The maximum absolute atomic E-state index is 12.1. The Labute approximate surface area is 119 Å². The van der Waals surface area contributed by atoms with Gasteiger partial charge in [0.15, 0.2) is 0 Å². The second-order valence-corrected chi connectivity index (χ2v) is 4.53. The second kappa shape index (κ2) is 7.19. The molecule has 0 saturated heterocycles. The summed E-state index contributed by atoms with van der Waals surface area (Å²) in [6.07, 6.45) is -4.76. The number of carbonyl (C=O) groups is 1. The van der Waals surface area contributed by atoms with Crippen LogP contribution in [0, 0.1) is 0 Å². The highest BCUT2D eigenvalue weighted by Gasteiger charge is 2.30. The molecule has 1 aromatic carbocycles. The van der Waals surface area contributed by atoms with Crippen LogP contribution in [0.5, 0.6) is 0 Å². The molecule has 1 aromatic rings. The molecule has 7 heteroatoms. The zero-order valence-electron chi connectivity index (χ0n) is 10.6. The van der Waals surface area contributed by atoms with Gasteiger partial charge in [0.1, 0.15) is 0 Å². The Morgan fingerprint density at radius 1 is 1.30 bits per heavy atom. The molecule has 0 radical (unpaired) electrons. The summed E-state index contributed by atoms with van der Waals surface area (Å²) in [4.78, 5) is 11.4. The highest BCUT2D eigenvalue weighted by molar-refractivity contribution is 6.30. The third kappa shape index (κ3) is 5.97. The minimum atomic E-state index is -4.42. The third-order valence-corrected chi connectivity index (χ3v) is 2.69. The molecule has 0 aliphatic heterocycles. The number of urea groups is 1. The molecule has 0 fully saturated rings. The number of amides is 2. The molecule has 0 atom stereocenters. The number of carbonyl (C=O) groups excluding carboxylic acids is 1. The van der Waals surface area contributed by atoms with Crippen molar-refractivity contribution in [2.24, 2.45) is 0 Å². The summed E-state index contributed by atoms with van der Waals surface area (Å²) in [6.45, 7) is 3.03. The maximum Gasteiger partial charge on any atom is 0.412 e. The van der Waals surface area contributed by atoms with E-state index in [0.717, 1.165) is 5.56 Å². The van der Waals surface area contributed by atoms with Crippen LogP contribution in [0.1, 0.15) is 12.0 Å². The zero-order valence-corrected chi connectivity index (χ0v) is 11.3. The van der Waals surface area contributed by atoms with E-state index in [9.17, 15) is 18.0 Å². The number of nitrogens with one attached hydrogen (secondary N) is 2. The van der Waals surface area contributed by atoms with E-state index in [1.165, 1.54) is 0 Å². The van der Waals surface area contributed by atoms with Crippen LogP contribution in [0.3, 0.4) is 0 Å². The number of hydrogen-bond donors (Lipinski definition) is 2. The van der Waals surface area contributed by atoms with Gasteiger partial charge >= 0.3 is 12.2 Å². The predicted octanol–water partition coefficient (Wildman–Crippen LogP) is 3.65. The van der Waals surface area contributed by atoms with Gasteiger partial charge in [0, 0.05) is 23.7 Å². The van der Waals surface area contributed by atoms with Crippen LogP contribution in [0.4, 0.5) is 18.0 Å². The third-order valence-electron chi connectivity index (χ3n) is 2.46. The lowest BCUT2D eigenvalue weighted by Crippen LogP contribution is -2.36. The van der Waals surface area contributed by atoms with Crippen LogP contribution >= 0.6 is 11.6 Å². The Hall–Kier alpha value is -1.69. The first-order chi connectivity index (χ1) is 9.29. The van der Waals surface area contributed by atoms with Crippen molar-refractivity contribution in [1.29, 1.82) is 0 Å². The molecule has 0 spiro atoms. The Morgan fingerprint density at radius 3 is 2.60 bits per heavy atom. The van der Waals surface area contributed by atoms with Crippen LogP contribution in [-0.4, -0.2) is 18.8 Å². The Kier molecular flexibility index (Phi) is 5.88. The van der Waals surface area contributed by atoms with Crippen LogP contribution in [0.25, 0.3) is 0 Å². The van der Waals surface area contributed by atoms with Gasteiger partial charge in [-0.1, -0.05) is 30.3 Å². The van der Waals surface area contributed by atoms with Crippen molar-refractivity contribution in [3.05, 3.63) is 47.0 Å². The summed E-state index contributed by atoms with van der Waals surface area (Å²) < 4.78 is 36.4. The van der Waals surface area contributed by atoms with Crippen LogP contribution in [0.2, 0.25) is 5.02 Å². The average molecular weight is 307 g/mol. The summed E-state index contributed by atoms with van der Waals surface area (Å²) in [7, 11) is 0. The van der Waals surface area contributed by atoms with Crippen molar-refractivity contribution in [2.75, 3.05) is 6.54 Å². The molecule has 0 aliphatic carbocycles. The molecular formula is C13H14ClF3N2O. The van der Waals surface area contributed by atoms with Crippen LogP contribution in [-0.2, 0) is 6.54 Å². The summed E-state index contributed by atoms with van der Waals surface area (Å²) >= 11 is 5.78. The lowest BCUT2D eigenvalue weighted by molar-refractivity contribution is -0.0934. The summed E-state index contributed by atoms with van der Waals surface area (Å²) in [5.41, 5.74) is -0.0695. The first kappa shape index (κ1) is 16.4. The van der Waals surface area contributed by atoms with Crippen molar-refractivity contribution in [1.82, 2.24) is 10.6 Å². The molecule has 0 heterocycles. The molecule has 0 saturated carbocycles. The van der Waals surface area contributed by atoms with Gasteiger partial charge in [-0.25, -0.2) is 4.79 Å². The molecule has 20 heavy (non-hydrogen) atoms. The van der Waals surface area contributed by atoms with Crippen molar-refractivity contribution in [2.45, 2.75) is 19.1 Å². The normalized spacial score (nSPS) is 11.0. The fraction of sp³-hybridized carbons (Fsp3) is 0.308. The molecule has 3 nitrogen and oxygen atoms in total. The van der Waals surface area contributed by atoms with Crippen LogP contribution < -0.4 is 10.6 Å². The molecule has 110 valence electrons. The van der Waals surface area contributed by atoms with Gasteiger partial charge in [-0.15, -0.1) is 0 Å². The van der Waals surface area contributed by atoms with E-state index in [-0.39, 0.29) is 19.5 Å². The molecule has 2 N–H and O–H groups in total. The lowest BCUT2D eigenvalue weighted by atomic mass is 10.2. The van der Waals surface area contributed by atoms with Gasteiger partial charge < -0.3 is 10.6 Å².